The molecule has 0 aromatic heterocycles. The Morgan fingerprint density at radius 1 is 1.47 bits per heavy atom. The molecule has 15 heavy (non-hydrogen) atoms. The number of nitrogens with one attached hydrogen (secondary N) is 1. The molecule has 1 aromatic carbocycles. The van der Waals surface area contributed by atoms with E-state index in [4.69, 9.17) is 9.47 Å². The number of halogens is 1. The van der Waals surface area contributed by atoms with Crippen LogP contribution in [0.15, 0.2) is 18.2 Å². The Morgan fingerprint density at radius 2 is 2.20 bits per heavy atom. The second kappa shape index (κ2) is 5.92. The lowest BCUT2D eigenvalue weighted by atomic mass is 10.3. The van der Waals surface area contributed by atoms with Crippen molar-refractivity contribution in [2.75, 3.05) is 26.1 Å². The van der Waals surface area contributed by atoms with Crippen LogP contribution in [0.25, 0.3) is 0 Å². The SMILES string of the molecule is COCC(=O)Nc1ccc(I)c(OC)c1. The number of benzene rings is 1. The molecule has 82 valence electrons. The molecule has 1 amide bonds. The van der Waals surface area contributed by atoms with Crippen molar-refractivity contribution in [1.82, 2.24) is 0 Å². The lowest BCUT2D eigenvalue weighted by Gasteiger charge is -2.07. The first kappa shape index (κ1) is 12.3. The Balaban J connectivity index is 2.74. The third-order valence-corrected chi connectivity index (χ3v) is 2.60. The van der Waals surface area contributed by atoms with Gasteiger partial charge in [-0.1, -0.05) is 0 Å². The molecule has 1 rings (SSSR count). The summed E-state index contributed by atoms with van der Waals surface area (Å²) in [6.07, 6.45) is 0. The zero-order chi connectivity index (χ0) is 11.3. The van der Waals surface area contributed by atoms with Gasteiger partial charge in [-0.25, -0.2) is 0 Å². The maximum absolute atomic E-state index is 11.2. The van der Waals surface area contributed by atoms with Gasteiger partial charge in [0.15, 0.2) is 0 Å². The Morgan fingerprint density at radius 3 is 2.80 bits per heavy atom. The van der Waals surface area contributed by atoms with Gasteiger partial charge in [0.05, 0.1) is 10.7 Å². The van der Waals surface area contributed by atoms with Crippen molar-refractivity contribution in [3.8, 4) is 5.75 Å². The highest BCUT2D eigenvalue weighted by molar-refractivity contribution is 14.1. The average Bonchev–Trinajstić information content (AvgIpc) is 2.21. The quantitative estimate of drug-likeness (QED) is 0.862. The van der Waals surface area contributed by atoms with Gasteiger partial charge in [0.2, 0.25) is 5.91 Å². The fourth-order valence-corrected chi connectivity index (χ4v) is 1.62. The molecule has 1 N–H and O–H groups in total. The van der Waals surface area contributed by atoms with E-state index in [0.717, 1.165) is 9.32 Å². The van der Waals surface area contributed by atoms with Gasteiger partial charge >= 0.3 is 0 Å². The minimum atomic E-state index is -0.180. The predicted molar refractivity (Wildman–Crippen MR) is 66.2 cm³/mol. The maximum atomic E-state index is 11.2. The zero-order valence-electron chi connectivity index (χ0n) is 8.54. The van der Waals surface area contributed by atoms with Crippen LogP contribution >= 0.6 is 22.6 Å². The first-order valence-corrected chi connectivity index (χ1v) is 5.37. The number of amides is 1. The molecule has 0 fully saturated rings. The van der Waals surface area contributed by atoms with Crippen molar-refractivity contribution < 1.29 is 14.3 Å². The van der Waals surface area contributed by atoms with E-state index in [1.165, 1.54) is 7.11 Å². The number of rotatable bonds is 4. The molecule has 0 saturated carbocycles. The Kier molecular flexibility index (Phi) is 4.83. The molecule has 0 spiro atoms. The van der Waals surface area contributed by atoms with Gasteiger partial charge < -0.3 is 14.8 Å². The molecule has 5 heteroatoms. The number of hydrogen-bond acceptors (Lipinski definition) is 3. The molecular formula is C10H12INO3. The molecule has 0 saturated heterocycles. The zero-order valence-corrected chi connectivity index (χ0v) is 10.7. The minimum absolute atomic E-state index is 0.0499. The Bertz CT molecular complexity index is 355. The van der Waals surface area contributed by atoms with Crippen LogP contribution in [0, 0.1) is 3.57 Å². The summed E-state index contributed by atoms with van der Waals surface area (Å²) in [6.45, 7) is 0.0499. The summed E-state index contributed by atoms with van der Waals surface area (Å²) in [7, 11) is 3.08. The number of carbonyl (C=O) groups excluding carboxylic acids is 1. The van der Waals surface area contributed by atoms with E-state index in [2.05, 4.69) is 27.9 Å². The van der Waals surface area contributed by atoms with Gasteiger partial charge in [-0.15, -0.1) is 0 Å². The second-order valence-electron chi connectivity index (χ2n) is 2.83. The number of anilines is 1. The monoisotopic (exact) mass is 321 g/mol. The van der Waals surface area contributed by atoms with E-state index in [1.54, 1.807) is 13.2 Å². The van der Waals surface area contributed by atoms with Gasteiger partial charge in [0.25, 0.3) is 0 Å². The van der Waals surface area contributed by atoms with Crippen molar-refractivity contribution in [3.05, 3.63) is 21.8 Å². The average molecular weight is 321 g/mol. The van der Waals surface area contributed by atoms with Crippen LogP contribution in [-0.2, 0) is 9.53 Å². The molecule has 1 aromatic rings. The van der Waals surface area contributed by atoms with E-state index in [0.29, 0.717) is 5.69 Å². The number of carbonyl (C=O) groups is 1. The van der Waals surface area contributed by atoms with Gasteiger partial charge in [-0.3, -0.25) is 4.79 Å². The highest BCUT2D eigenvalue weighted by atomic mass is 127. The maximum Gasteiger partial charge on any atom is 0.250 e. The largest absolute Gasteiger partial charge is 0.496 e. The van der Waals surface area contributed by atoms with E-state index in [1.807, 2.05) is 12.1 Å². The Hall–Kier alpha value is -0.820. The normalized spacial score (nSPS) is 9.80. The van der Waals surface area contributed by atoms with E-state index in [9.17, 15) is 4.79 Å². The van der Waals surface area contributed by atoms with Gasteiger partial charge in [0, 0.05) is 18.9 Å². The van der Waals surface area contributed by atoms with Gasteiger partial charge in [0.1, 0.15) is 12.4 Å². The number of hydrogen-bond donors (Lipinski definition) is 1. The molecule has 0 atom stereocenters. The van der Waals surface area contributed by atoms with E-state index >= 15 is 0 Å². The summed E-state index contributed by atoms with van der Waals surface area (Å²) in [6, 6.07) is 5.47. The fourth-order valence-electron chi connectivity index (χ4n) is 1.07. The lowest BCUT2D eigenvalue weighted by Crippen LogP contribution is -2.17. The van der Waals surface area contributed by atoms with Crippen molar-refractivity contribution in [2.45, 2.75) is 0 Å². The molecule has 4 nitrogen and oxygen atoms in total. The third kappa shape index (κ3) is 3.67. The molecule has 0 heterocycles. The van der Waals surface area contributed by atoms with Crippen LogP contribution < -0.4 is 10.1 Å². The van der Waals surface area contributed by atoms with Crippen LogP contribution in [0.4, 0.5) is 5.69 Å². The predicted octanol–water partition coefficient (Wildman–Crippen LogP) is 1.88. The van der Waals surface area contributed by atoms with Gasteiger partial charge in [-0.05, 0) is 34.7 Å². The summed E-state index contributed by atoms with van der Waals surface area (Å²) in [4.78, 5) is 11.2. The number of methoxy groups -OCH3 is 2. The summed E-state index contributed by atoms with van der Waals surface area (Å²) < 4.78 is 10.8. The van der Waals surface area contributed by atoms with Crippen LogP contribution in [-0.4, -0.2) is 26.7 Å². The van der Waals surface area contributed by atoms with Crippen LogP contribution in [0.3, 0.4) is 0 Å². The standard InChI is InChI=1S/C10H12INO3/c1-14-6-10(13)12-7-3-4-8(11)9(5-7)15-2/h3-5H,6H2,1-2H3,(H,12,13). The van der Waals surface area contributed by atoms with Gasteiger partial charge in [-0.2, -0.15) is 0 Å². The van der Waals surface area contributed by atoms with Crippen molar-refractivity contribution >= 4 is 34.2 Å². The molecule has 0 aliphatic rings. The fraction of sp³-hybridized carbons (Fsp3) is 0.300. The molecule has 0 aliphatic heterocycles. The van der Waals surface area contributed by atoms with Crippen molar-refractivity contribution in [3.63, 3.8) is 0 Å². The second-order valence-corrected chi connectivity index (χ2v) is 3.99. The van der Waals surface area contributed by atoms with Crippen LogP contribution in [0.5, 0.6) is 5.75 Å². The molecule has 0 bridgehead atoms. The summed E-state index contributed by atoms with van der Waals surface area (Å²) in [5.74, 6) is 0.562. The lowest BCUT2D eigenvalue weighted by molar-refractivity contribution is -0.119. The highest BCUT2D eigenvalue weighted by Gasteiger charge is 2.04. The Labute approximate surface area is 102 Å². The first-order valence-electron chi connectivity index (χ1n) is 4.29. The van der Waals surface area contributed by atoms with Crippen molar-refractivity contribution in [2.24, 2.45) is 0 Å². The summed E-state index contributed by atoms with van der Waals surface area (Å²) >= 11 is 2.17. The van der Waals surface area contributed by atoms with E-state index < -0.39 is 0 Å². The topological polar surface area (TPSA) is 47.6 Å². The van der Waals surface area contributed by atoms with Crippen molar-refractivity contribution in [1.29, 1.82) is 0 Å². The van der Waals surface area contributed by atoms with Crippen LogP contribution in [0.1, 0.15) is 0 Å². The van der Waals surface area contributed by atoms with E-state index in [-0.39, 0.29) is 12.5 Å². The molecule has 0 radical (unpaired) electrons. The molecule has 0 unspecified atom stereocenters. The highest BCUT2D eigenvalue weighted by Crippen LogP contribution is 2.24. The summed E-state index contributed by atoms with van der Waals surface area (Å²) in [5.41, 5.74) is 0.703. The first-order chi connectivity index (χ1) is 7.17. The minimum Gasteiger partial charge on any atom is -0.496 e. The van der Waals surface area contributed by atoms with Crippen LogP contribution in [0.2, 0.25) is 0 Å². The molecule has 0 aliphatic carbocycles. The summed E-state index contributed by atoms with van der Waals surface area (Å²) in [5, 5.41) is 2.70. The number of ether oxygens (including phenoxy) is 2. The molecular weight excluding hydrogens is 309 g/mol. The smallest absolute Gasteiger partial charge is 0.250 e. The third-order valence-electron chi connectivity index (χ3n) is 1.71.